The highest BCUT2D eigenvalue weighted by atomic mass is 35.5. The Hall–Kier alpha value is -1.33. The van der Waals surface area contributed by atoms with Crippen molar-refractivity contribution < 1.29 is 14.6 Å². The van der Waals surface area contributed by atoms with Crippen LogP contribution in [0.3, 0.4) is 0 Å². The number of piperidine rings is 1. The van der Waals surface area contributed by atoms with Gasteiger partial charge in [-0.25, -0.2) is 9.78 Å². The minimum absolute atomic E-state index is 0.0191. The number of carbonyl (C=O) groups is 1. The zero-order valence-corrected chi connectivity index (χ0v) is 9.91. The van der Waals surface area contributed by atoms with Gasteiger partial charge in [0.2, 0.25) is 5.88 Å². The fraction of sp³-hybridized carbons (Fsp3) is 0.455. The first-order valence-corrected chi connectivity index (χ1v) is 5.81. The largest absolute Gasteiger partial charge is 0.478 e. The molecule has 0 atom stereocenters. The van der Waals surface area contributed by atoms with Crippen LogP contribution in [0.1, 0.15) is 23.2 Å². The predicted molar refractivity (Wildman–Crippen MR) is 62.7 cm³/mol. The van der Waals surface area contributed by atoms with Crippen LogP contribution in [0.15, 0.2) is 12.3 Å². The van der Waals surface area contributed by atoms with Crippen molar-refractivity contribution in [3.63, 3.8) is 0 Å². The van der Waals surface area contributed by atoms with E-state index in [-0.39, 0.29) is 22.6 Å². The summed E-state index contributed by atoms with van der Waals surface area (Å²) in [7, 11) is 0. The Kier molecular flexibility index (Phi) is 3.81. The van der Waals surface area contributed by atoms with E-state index < -0.39 is 5.97 Å². The molecule has 5 nitrogen and oxygen atoms in total. The topological polar surface area (TPSA) is 71.5 Å². The van der Waals surface area contributed by atoms with Gasteiger partial charge in [-0.3, -0.25) is 0 Å². The van der Waals surface area contributed by atoms with E-state index in [4.69, 9.17) is 21.4 Å². The minimum Gasteiger partial charge on any atom is -0.478 e. The summed E-state index contributed by atoms with van der Waals surface area (Å²) >= 11 is 5.94. The molecule has 1 aromatic rings. The molecule has 6 heteroatoms. The molecule has 0 saturated carbocycles. The number of ether oxygens (including phenoxy) is 1. The third-order valence-corrected chi connectivity index (χ3v) is 3.02. The first-order chi connectivity index (χ1) is 8.18. The number of aromatic carboxylic acids is 1. The second-order valence-electron chi connectivity index (χ2n) is 3.85. The summed E-state index contributed by atoms with van der Waals surface area (Å²) in [6, 6.07) is 1.36. The Bertz CT molecular complexity index is 419. The highest BCUT2D eigenvalue weighted by Gasteiger charge is 2.19. The van der Waals surface area contributed by atoms with Gasteiger partial charge in [0, 0.05) is 6.20 Å². The number of carboxylic acid groups (broad SMARTS) is 1. The van der Waals surface area contributed by atoms with E-state index in [1.54, 1.807) is 0 Å². The molecular formula is C11H13ClN2O3. The molecule has 2 N–H and O–H groups in total. The summed E-state index contributed by atoms with van der Waals surface area (Å²) in [4.78, 5) is 14.9. The van der Waals surface area contributed by atoms with Crippen LogP contribution in [-0.2, 0) is 0 Å². The van der Waals surface area contributed by atoms with Gasteiger partial charge in [0.1, 0.15) is 11.1 Å². The van der Waals surface area contributed by atoms with Gasteiger partial charge in [-0.05, 0) is 32.0 Å². The quantitative estimate of drug-likeness (QED) is 0.859. The Morgan fingerprint density at radius 1 is 1.53 bits per heavy atom. The molecule has 17 heavy (non-hydrogen) atoms. The lowest BCUT2D eigenvalue weighted by molar-refractivity contribution is 0.0695. The minimum atomic E-state index is -1.08. The van der Waals surface area contributed by atoms with Gasteiger partial charge in [0.15, 0.2) is 0 Å². The van der Waals surface area contributed by atoms with Crippen LogP contribution < -0.4 is 10.1 Å². The number of halogens is 1. The zero-order chi connectivity index (χ0) is 12.3. The molecule has 0 radical (unpaired) electrons. The van der Waals surface area contributed by atoms with Crippen LogP contribution in [0.25, 0.3) is 0 Å². The maximum atomic E-state index is 10.9. The van der Waals surface area contributed by atoms with Crippen molar-refractivity contribution >= 4 is 17.6 Å². The molecule has 0 bridgehead atoms. The van der Waals surface area contributed by atoms with Crippen LogP contribution >= 0.6 is 11.6 Å². The van der Waals surface area contributed by atoms with Gasteiger partial charge in [0.05, 0.1) is 5.56 Å². The molecule has 2 rings (SSSR count). The van der Waals surface area contributed by atoms with Crippen molar-refractivity contribution in [2.45, 2.75) is 18.9 Å². The number of hydrogen-bond acceptors (Lipinski definition) is 4. The third kappa shape index (κ3) is 2.87. The average Bonchev–Trinajstić information content (AvgIpc) is 2.33. The lowest BCUT2D eigenvalue weighted by Crippen LogP contribution is -2.34. The highest BCUT2D eigenvalue weighted by molar-refractivity contribution is 6.34. The molecule has 1 aliphatic rings. The van der Waals surface area contributed by atoms with Crippen molar-refractivity contribution in [2.24, 2.45) is 0 Å². The van der Waals surface area contributed by atoms with Gasteiger partial charge in [-0.2, -0.15) is 0 Å². The summed E-state index contributed by atoms with van der Waals surface area (Å²) in [5.41, 5.74) is 0.0191. The predicted octanol–water partition coefficient (Wildman–Crippen LogP) is 1.56. The molecule has 1 aromatic heterocycles. The Balaban J connectivity index is 2.15. The van der Waals surface area contributed by atoms with Crippen molar-refractivity contribution in [3.05, 3.63) is 22.8 Å². The molecule has 1 saturated heterocycles. The maximum Gasteiger partial charge on any atom is 0.337 e. The van der Waals surface area contributed by atoms with E-state index in [1.165, 1.54) is 12.3 Å². The van der Waals surface area contributed by atoms with Crippen LogP contribution in [0.4, 0.5) is 0 Å². The van der Waals surface area contributed by atoms with E-state index >= 15 is 0 Å². The number of aromatic nitrogens is 1. The normalized spacial score (nSPS) is 16.8. The zero-order valence-electron chi connectivity index (χ0n) is 9.15. The molecule has 1 aliphatic heterocycles. The number of carboxylic acids is 1. The Morgan fingerprint density at radius 2 is 2.24 bits per heavy atom. The Morgan fingerprint density at radius 3 is 2.88 bits per heavy atom. The van der Waals surface area contributed by atoms with E-state index in [9.17, 15) is 4.79 Å². The second kappa shape index (κ2) is 5.33. The fourth-order valence-electron chi connectivity index (χ4n) is 1.74. The van der Waals surface area contributed by atoms with Gasteiger partial charge in [0.25, 0.3) is 0 Å². The lowest BCUT2D eigenvalue weighted by Gasteiger charge is -2.23. The third-order valence-electron chi connectivity index (χ3n) is 2.65. The van der Waals surface area contributed by atoms with E-state index in [2.05, 4.69) is 10.3 Å². The molecule has 0 aliphatic carbocycles. The van der Waals surface area contributed by atoms with Crippen LogP contribution in [0.2, 0.25) is 5.02 Å². The molecular weight excluding hydrogens is 244 g/mol. The van der Waals surface area contributed by atoms with Gasteiger partial charge >= 0.3 is 5.97 Å². The van der Waals surface area contributed by atoms with Crippen molar-refractivity contribution in [2.75, 3.05) is 13.1 Å². The monoisotopic (exact) mass is 256 g/mol. The SMILES string of the molecule is O=C(O)c1ccnc(OC2CCNCC2)c1Cl. The molecule has 2 heterocycles. The number of rotatable bonds is 3. The second-order valence-corrected chi connectivity index (χ2v) is 4.23. The first kappa shape index (κ1) is 12.1. The number of pyridine rings is 1. The standard InChI is InChI=1S/C11H13ClN2O3/c12-9-8(11(15)16)3-6-14-10(9)17-7-1-4-13-5-2-7/h3,6-7,13H,1-2,4-5H2,(H,15,16). The molecule has 92 valence electrons. The summed E-state index contributed by atoms with van der Waals surface area (Å²) in [5.74, 6) is -0.869. The highest BCUT2D eigenvalue weighted by Crippen LogP contribution is 2.27. The summed E-state index contributed by atoms with van der Waals surface area (Å²) in [6.07, 6.45) is 3.18. The molecule has 0 unspecified atom stereocenters. The molecule has 0 aromatic carbocycles. The van der Waals surface area contributed by atoms with Gasteiger partial charge in [-0.1, -0.05) is 11.6 Å². The van der Waals surface area contributed by atoms with Gasteiger partial charge in [-0.15, -0.1) is 0 Å². The van der Waals surface area contributed by atoms with Crippen molar-refractivity contribution in [3.8, 4) is 5.88 Å². The van der Waals surface area contributed by atoms with Crippen LogP contribution in [-0.4, -0.2) is 35.3 Å². The van der Waals surface area contributed by atoms with Crippen molar-refractivity contribution in [1.29, 1.82) is 0 Å². The number of nitrogens with zero attached hydrogens (tertiary/aromatic N) is 1. The fourth-order valence-corrected chi connectivity index (χ4v) is 1.98. The van der Waals surface area contributed by atoms with E-state index in [0.29, 0.717) is 0 Å². The summed E-state index contributed by atoms with van der Waals surface area (Å²) in [6.45, 7) is 1.78. The average molecular weight is 257 g/mol. The lowest BCUT2D eigenvalue weighted by atomic mass is 10.1. The van der Waals surface area contributed by atoms with Gasteiger partial charge < -0.3 is 15.2 Å². The van der Waals surface area contributed by atoms with Crippen LogP contribution in [0, 0.1) is 0 Å². The first-order valence-electron chi connectivity index (χ1n) is 5.43. The smallest absolute Gasteiger partial charge is 0.337 e. The number of hydrogen-bond donors (Lipinski definition) is 2. The van der Waals surface area contributed by atoms with E-state index in [1.807, 2.05) is 0 Å². The van der Waals surface area contributed by atoms with E-state index in [0.717, 1.165) is 25.9 Å². The maximum absolute atomic E-state index is 10.9. The Labute approximate surface area is 104 Å². The molecule has 1 fully saturated rings. The number of nitrogens with one attached hydrogen (secondary N) is 1. The molecule has 0 spiro atoms. The molecule has 0 amide bonds. The van der Waals surface area contributed by atoms with Crippen molar-refractivity contribution in [1.82, 2.24) is 10.3 Å². The summed E-state index contributed by atoms with van der Waals surface area (Å²) in [5, 5.41) is 12.2. The van der Waals surface area contributed by atoms with Crippen LogP contribution in [0.5, 0.6) is 5.88 Å². The summed E-state index contributed by atoms with van der Waals surface area (Å²) < 4.78 is 5.63.